The van der Waals surface area contributed by atoms with Crippen LogP contribution in [0.15, 0.2) is 42.6 Å². The lowest BCUT2D eigenvalue weighted by atomic mass is 10.1. The third-order valence-corrected chi connectivity index (χ3v) is 4.96. The van der Waals surface area contributed by atoms with Gasteiger partial charge in [-0.1, -0.05) is 17.7 Å². The van der Waals surface area contributed by atoms with E-state index in [0.717, 1.165) is 0 Å². The van der Waals surface area contributed by atoms with Gasteiger partial charge in [0.15, 0.2) is 23.0 Å². The molecule has 0 fully saturated rings. The van der Waals surface area contributed by atoms with Gasteiger partial charge in [-0.25, -0.2) is 4.79 Å². The number of methoxy groups -OCH3 is 2. The summed E-state index contributed by atoms with van der Waals surface area (Å²) in [7, 11) is 3.00. The average molecular weight is 438 g/mol. The number of anilines is 2. The van der Waals surface area contributed by atoms with Crippen LogP contribution in [0.3, 0.4) is 0 Å². The summed E-state index contributed by atoms with van der Waals surface area (Å²) in [5.41, 5.74) is 2.70. The summed E-state index contributed by atoms with van der Waals surface area (Å²) in [6, 6.07) is 11.9. The van der Waals surface area contributed by atoms with Crippen LogP contribution in [0, 0.1) is 11.3 Å². The maximum atomic E-state index is 11.3. The molecular formula is C21H16ClN5O4. The molecule has 0 amide bonds. The number of fused-ring (bicyclic) bond motifs is 1. The third-order valence-electron chi connectivity index (χ3n) is 4.68. The number of imidazole rings is 1. The second-order valence-electron chi connectivity index (χ2n) is 6.48. The molecule has 0 radical (unpaired) electrons. The highest BCUT2D eigenvalue weighted by Crippen LogP contribution is 2.41. The van der Waals surface area contributed by atoms with Crippen molar-refractivity contribution in [1.82, 2.24) is 14.6 Å². The van der Waals surface area contributed by atoms with Crippen molar-refractivity contribution < 1.29 is 19.4 Å². The number of benzene rings is 2. The smallest absolute Gasteiger partial charge is 0.335 e. The monoisotopic (exact) mass is 437 g/mol. The maximum Gasteiger partial charge on any atom is 0.335 e. The number of carboxylic acid groups (broad SMARTS) is 1. The van der Waals surface area contributed by atoms with Crippen molar-refractivity contribution in [3.8, 4) is 28.8 Å². The zero-order valence-corrected chi connectivity index (χ0v) is 17.2. The highest BCUT2D eigenvalue weighted by Gasteiger charge is 2.21. The summed E-state index contributed by atoms with van der Waals surface area (Å²) in [6.07, 6.45) is 1.44. The number of halogens is 1. The first-order valence-corrected chi connectivity index (χ1v) is 9.36. The van der Waals surface area contributed by atoms with Crippen LogP contribution in [-0.4, -0.2) is 39.9 Å². The molecule has 0 unspecified atom stereocenters. The van der Waals surface area contributed by atoms with E-state index in [1.165, 1.54) is 37.1 Å². The Hall–Kier alpha value is -4.16. The maximum absolute atomic E-state index is 11.3. The van der Waals surface area contributed by atoms with E-state index in [2.05, 4.69) is 21.5 Å². The van der Waals surface area contributed by atoms with Gasteiger partial charge in [-0.3, -0.25) is 0 Å². The zero-order chi connectivity index (χ0) is 22.1. The van der Waals surface area contributed by atoms with E-state index in [4.69, 9.17) is 21.1 Å². The molecule has 0 saturated carbocycles. The van der Waals surface area contributed by atoms with E-state index >= 15 is 0 Å². The molecule has 156 valence electrons. The molecule has 4 rings (SSSR count). The molecule has 0 saturated heterocycles. The number of hydrogen-bond acceptors (Lipinski definition) is 6. The van der Waals surface area contributed by atoms with E-state index in [1.54, 1.807) is 24.3 Å². The van der Waals surface area contributed by atoms with Crippen molar-refractivity contribution in [1.29, 1.82) is 5.26 Å². The largest absolute Gasteiger partial charge is 0.493 e. The first-order valence-electron chi connectivity index (χ1n) is 8.99. The van der Waals surface area contributed by atoms with E-state index in [1.807, 2.05) is 0 Å². The number of aromatic nitrogens is 3. The SMILES string of the molecule is COc1cc(-c2[nH]c3c(C#N)cnn3c2Nc2cccc(C(=O)O)c2)cc(Cl)c1OC. The number of nitrogens with one attached hydrogen (secondary N) is 2. The normalized spacial score (nSPS) is 10.6. The molecule has 0 aliphatic rings. The number of nitriles is 1. The number of aromatic amines is 1. The van der Waals surface area contributed by atoms with Gasteiger partial charge in [0.1, 0.15) is 11.6 Å². The van der Waals surface area contributed by atoms with Crippen molar-refractivity contribution in [2.24, 2.45) is 0 Å². The lowest BCUT2D eigenvalue weighted by Crippen LogP contribution is -2.01. The summed E-state index contributed by atoms with van der Waals surface area (Å²) >= 11 is 6.38. The van der Waals surface area contributed by atoms with Gasteiger partial charge in [-0.05, 0) is 30.3 Å². The Bertz CT molecular complexity index is 1350. The van der Waals surface area contributed by atoms with Gasteiger partial charge in [-0.2, -0.15) is 14.9 Å². The molecule has 4 aromatic rings. The highest BCUT2D eigenvalue weighted by atomic mass is 35.5. The molecule has 3 N–H and O–H groups in total. The average Bonchev–Trinajstić information content (AvgIpc) is 3.33. The summed E-state index contributed by atoms with van der Waals surface area (Å²) in [5, 5.41) is 26.5. The number of ether oxygens (including phenoxy) is 2. The van der Waals surface area contributed by atoms with Gasteiger partial charge >= 0.3 is 5.97 Å². The number of carbonyl (C=O) groups is 1. The predicted molar refractivity (Wildman–Crippen MR) is 114 cm³/mol. The number of nitrogens with zero attached hydrogens (tertiary/aromatic N) is 3. The Kier molecular flexibility index (Phi) is 5.15. The molecule has 0 atom stereocenters. The van der Waals surface area contributed by atoms with Gasteiger partial charge in [0.25, 0.3) is 0 Å². The fourth-order valence-electron chi connectivity index (χ4n) is 3.26. The van der Waals surface area contributed by atoms with E-state index in [0.29, 0.717) is 50.5 Å². The third kappa shape index (κ3) is 3.49. The lowest BCUT2D eigenvalue weighted by Gasteiger charge is -2.13. The topological polar surface area (TPSA) is 125 Å². The van der Waals surface area contributed by atoms with Crippen LogP contribution in [0.25, 0.3) is 16.9 Å². The van der Waals surface area contributed by atoms with Crippen LogP contribution in [0.2, 0.25) is 5.02 Å². The molecule has 2 aromatic heterocycles. The molecule has 0 bridgehead atoms. The number of H-pyrrole nitrogens is 1. The van der Waals surface area contributed by atoms with E-state index < -0.39 is 5.97 Å². The quantitative estimate of drug-likeness (QED) is 0.410. The second-order valence-corrected chi connectivity index (χ2v) is 6.89. The first kappa shape index (κ1) is 20.1. The van der Waals surface area contributed by atoms with Crippen molar-refractivity contribution in [2.75, 3.05) is 19.5 Å². The predicted octanol–water partition coefficient (Wildman–Crippen LogP) is 4.31. The Morgan fingerprint density at radius 1 is 1.29 bits per heavy atom. The fraction of sp³-hybridized carbons (Fsp3) is 0.0952. The first-order chi connectivity index (χ1) is 15.0. The van der Waals surface area contributed by atoms with Crippen LogP contribution in [-0.2, 0) is 0 Å². The minimum atomic E-state index is -1.04. The number of aromatic carboxylic acids is 1. The molecule has 0 aliphatic carbocycles. The van der Waals surface area contributed by atoms with Crippen LogP contribution in [0.5, 0.6) is 11.5 Å². The summed E-state index contributed by atoms with van der Waals surface area (Å²) in [5.74, 6) is 0.269. The minimum absolute atomic E-state index is 0.130. The van der Waals surface area contributed by atoms with Crippen molar-refractivity contribution in [2.45, 2.75) is 0 Å². The van der Waals surface area contributed by atoms with Crippen LogP contribution in [0.4, 0.5) is 11.5 Å². The van der Waals surface area contributed by atoms with Gasteiger partial charge in [-0.15, -0.1) is 0 Å². The Morgan fingerprint density at radius 2 is 2.10 bits per heavy atom. The van der Waals surface area contributed by atoms with Gasteiger partial charge in [0, 0.05) is 11.3 Å². The van der Waals surface area contributed by atoms with E-state index in [-0.39, 0.29) is 5.56 Å². The molecular weight excluding hydrogens is 422 g/mol. The number of rotatable bonds is 6. The summed E-state index contributed by atoms with van der Waals surface area (Å²) < 4.78 is 12.2. The van der Waals surface area contributed by atoms with E-state index in [9.17, 15) is 15.2 Å². The van der Waals surface area contributed by atoms with Crippen LogP contribution in [0.1, 0.15) is 15.9 Å². The number of hydrogen-bond donors (Lipinski definition) is 3. The van der Waals surface area contributed by atoms with Crippen molar-refractivity contribution in [3.63, 3.8) is 0 Å². The highest BCUT2D eigenvalue weighted by molar-refractivity contribution is 6.32. The van der Waals surface area contributed by atoms with Gasteiger partial charge in [0.05, 0.1) is 36.7 Å². The standard InChI is InChI=1S/C21H16ClN5O4/c1-30-16-8-12(7-15(22)18(16)31-2)17-20(27-19(26-17)13(9-23)10-24-27)25-14-5-3-4-11(6-14)21(28)29/h3-8,10,25-26H,1-2H3,(H,28,29). The van der Waals surface area contributed by atoms with Crippen LogP contribution >= 0.6 is 11.6 Å². The zero-order valence-electron chi connectivity index (χ0n) is 16.4. The van der Waals surface area contributed by atoms with Crippen LogP contribution < -0.4 is 14.8 Å². The Morgan fingerprint density at radius 3 is 2.77 bits per heavy atom. The molecule has 31 heavy (non-hydrogen) atoms. The molecule has 9 nitrogen and oxygen atoms in total. The van der Waals surface area contributed by atoms with Gasteiger partial charge < -0.3 is 24.9 Å². The molecule has 2 aromatic carbocycles. The molecule has 0 spiro atoms. The minimum Gasteiger partial charge on any atom is -0.493 e. The number of carboxylic acids is 1. The van der Waals surface area contributed by atoms with Crippen molar-refractivity contribution in [3.05, 3.63) is 58.7 Å². The summed E-state index contributed by atoms with van der Waals surface area (Å²) in [6.45, 7) is 0. The molecule has 2 heterocycles. The Balaban J connectivity index is 1.91. The lowest BCUT2D eigenvalue weighted by molar-refractivity contribution is 0.0697. The molecule has 0 aliphatic heterocycles. The Labute approximate surface area is 181 Å². The molecule has 10 heteroatoms. The van der Waals surface area contributed by atoms with Gasteiger partial charge in [0.2, 0.25) is 0 Å². The fourth-order valence-corrected chi connectivity index (χ4v) is 3.54. The second kappa shape index (κ2) is 7.93. The van der Waals surface area contributed by atoms with Crippen molar-refractivity contribution >= 4 is 34.7 Å². The summed E-state index contributed by atoms with van der Waals surface area (Å²) in [4.78, 5) is 14.5.